The van der Waals surface area contributed by atoms with E-state index in [9.17, 15) is 0 Å². The zero-order valence-corrected chi connectivity index (χ0v) is 12.4. The van der Waals surface area contributed by atoms with Gasteiger partial charge in [-0.05, 0) is 53.8 Å². The van der Waals surface area contributed by atoms with Crippen molar-refractivity contribution in [2.45, 2.75) is 13.8 Å². The van der Waals surface area contributed by atoms with Crippen molar-refractivity contribution in [3.63, 3.8) is 0 Å². The van der Waals surface area contributed by atoms with Gasteiger partial charge >= 0.3 is 0 Å². The van der Waals surface area contributed by atoms with Crippen molar-refractivity contribution < 1.29 is 0 Å². The first-order chi connectivity index (χ1) is 10.1. The molecule has 2 N–H and O–H groups in total. The fourth-order valence-corrected chi connectivity index (χ4v) is 2.52. The van der Waals surface area contributed by atoms with E-state index in [1.54, 1.807) is 0 Å². The Bertz CT molecular complexity index is 773. The number of benzene rings is 3. The first-order valence-electron chi connectivity index (χ1n) is 7.18. The maximum Gasteiger partial charge on any atom is 0.0394 e. The van der Waals surface area contributed by atoms with Gasteiger partial charge in [-0.1, -0.05) is 54.6 Å². The van der Waals surface area contributed by atoms with Gasteiger partial charge in [0.2, 0.25) is 0 Å². The van der Waals surface area contributed by atoms with Gasteiger partial charge in [0.25, 0.3) is 0 Å². The molecule has 0 unspecified atom stereocenters. The number of nitrogen functional groups attached to an aromatic ring is 1. The third kappa shape index (κ3) is 2.68. The molecular formula is C20H19N. The average molecular weight is 273 g/mol. The van der Waals surface area contributed by atoms with Gasteiger partial charge in [-0.3, -0.25) is 0 Å². The highest BCUT2D eigenvalue weighted by Gasteiger charge is 2.06. The molecule has 0 saturated heterocycles. The first kappa shape index (κ1) is 13.4. The zero-order valence-electron chi connectivity index (χ0n) is 12.4. The van der Waals surface area contributed by atoms with E-state index in [4.69, 9.17) is 5.73 Å². The van der Waals surface area contributed by atoms with Crippen LogP contribution in [0.15, 0.2) is 66.7 Å². The SMILES string of the molecule is Cc1ccc(-c2ccc(N)c(-c3ccccc3)c2)cc1C. The lowest BCUT2D eigenvalue weighted by atomic mass is 9.96. The second kappa shape index (κ2) is 5.45. The summed E-state index contributed by atoms with van der Waals surface area (Å²) < 4.78 is 0. The van der Waals surface area contributed by atoms with Crippen molar-refractivity contribution in [3.05, 3.63) is 77.9 Å². The molecule has 3 rings (SSSR count). The minimum absolute atomic E-state index is 0.814. The van der Waals surface area contributed by atoms with E-state index in [0.717, 1.165) is 16.8 Å². The molecule has 0 spiro atoms. The first-order valence-corrected chi connectivity index (χ1v) is 7.18. The highest BCUT2D eigenvalue weighted by molar-refractivity contribution is 5.82. The standard InChI is InChI=1S/C20H19N/c1-14-8-9-17(12-15(14)2)18-10-11-20(21)19(13-18)16-6-4-3-5-7-16/h3-13H,21H2,1-2H3. The molecule has 3 aromatic carbocycles. The highest BCUT2D eigenvalue weighted by atomic mass is 14.6. The maximum absolute atomic E-state index is 6.15. The molecule has 0 amide bonds. The third-order valence-electron chi connectivity index (χ3n) is 3.98. The molecule has 0 fully saturated rings. The quantitative estimate of drug-likeness (QED) is 0.636. The van der Waals surface area contributed by atoms with E-state index >= 15 is 0 Å². The van der Waals surface area contributed by atoms with Crippen LogP contribution < -0.4 is 5.73 Å². The molecule has 0 radical (unpaired) electrons. The van der Waals surface area contributed by atoms with Gasteiger partial charge in [0.05, 0.1) is 0 Å². The number of nitrogens with two attached hydrogens (primary N) is 1. The minimum Gasteiger partial charge on any atom is -0.398 e. The minimum atomic E-state index is 0.814. The number of hydrogen-bond donors (Lipinski definition) is 1. The van der Waals surface area contributed by atoms with Crippen molar-refractivity contribution in [1.82, 2.24) is 0 Å². The predicted molar refractivity (Wildman–Crippen MR) is 91.2 cm³/mol. The fraction of sp³-hybridized carbons (Fsp3) is 0.100. The Labute approximate surface area is 126 Å². The van der Waals surface area contributed by atoms with Crippen molar-refractivity contribution in [1.29, 1.82) is 0 Å². The van der Waals surface area contributed by atoms with E-state index in [0.29, 0.717) is 0 Å². The Balaban J connectivity index is 2.11. The van der Waals surface area contributed by atoms with Crippen LogP contribution in [0.1, 0.15) is 11.1 Å². The molecule has 0 aliphatic rings. The number of anilines is 1. The summed E-state index contributed by atoms with van der Waals surface area (Å²) in [5.41, 5.74) is 14.3. The molecule has 3 aromatic rings. The molecule has 0 aromatic heterocycles. The molecule has 21 heavy (non-hydrogen) atoms. The van der Waals surface area contributed by atoms with E-state index in [1.165, 1.54) is 22.3 Å². The Morgan fingerprint density at radius 2 is 1.29 bits per heavy atom. The molecule has 1 nitrogen and oxygen atoms in total. The molecule has 0 aliphatic carbocycles. The van der Waals surface area contributed by atoms with Crippen molar-refractivity contribution in [2.24, 2.45) is 0 Å². The van der Waals surface area contributed by atoms with Crippen molar-refractivity contribution in [3.8, 4) is 22.3 Å². The second-order valence-electron chi connectivity index (χ2n) is 5.47. The van der Waals surface area contributed by atoms with Crippen LogP contribution in [0.5, 0.6) is 0 Å². The van der Waals surface area contributed by atoms with Crippen LogP contribution >= 0.6 is 0 Å². The monoisotopic (exact) mass is 273 g/mol. The zero-order chi connectivity index (χ0) is 14.8. The summed E-state index contributed by atoms with van der Waals surface area (Å²) in [7, 11) is 0. The summed E-state index contributed by atoms with van der Waals surface area (Å²) in [5, 5.41) is 0. The molecule has 0 aliphatic heterocycles. The van der Waals surface area contributed by atoms with Crippen LogP contribution in [0.3, 0.4) is 0 Å². The van der Waals surface area contributed by atoms with Gasteiger partial charge in [0.15, 0.2) is 0 Å². The Morgan fingerprint density at radius 3 is 2.00 bits per heavy atom. The maximum atomic E-state index is 6.15. The lowest BCUT2D eigenvalue weighted by Gasteiger charge is -2.10. The highest BCUT2D eigenvalue weighted by Crippen LogP contribution is 2.31. The second-order valence-corrected chi connectivity index (χ2v) is 5.47. The van der Waals surface area contributed by atoms with E-state index in [1.807, 2.05) is 24.3 Å². The van der Waals surface area contributed by atoms with Gasteiger partial charge in [0.1, 0.15) is 0 Å². The number of rotatable bonds is 2. The molecule has 0 saturated carbocycles. The normalized spacial score (nSPS) is 10.6. The summed E-state index contributed by atoms with van der Waals surface area (Å²) in [4.78, 5) is 0. The van der Waals surface area contributed by atoms with Crippen LogP contribution in [-0.2, 0) is 0 Å². The van der Waals surface area contributed by atoms with Crippen LogP contribution in [0, 0.1) is 13.8 Å². The van der Waals surface area contributed by atoms with Crippen LogP contribution in [-0.4, -0.2) is 0 Å². The lowest BCUT2D eigenvalue weighted by molar-refractivity contribution is 1.34. The Morgan fingerprint density at radius 1 is 0.619 bits per heavy atom. The topological polar surface area (TPSA) is 26.0 Å². The summed E-state index contributed by atoms with van der Waals surface area (Å²) in [6.07, 6.45) is 0. The summed E-state index contributed by atoms with van der Waals surface area (Å²) in [6, 6.07) is 23.1. The summed E-state index contributed by atoms with van der Waals surface area (Å²) in [5.74, 6) is 0. The Hall–Kier alpha value is -2.54. The molecule has 0 atom stereocenters. The number of aryl methyl sites for hydroxylation is 2. The van der Waals surface area contributed by atoms with Crippen molar-refractivity contribution >= 4 is 5.69 Å². The van der Waals surface area contributed by atoms with Gasteiger partial charge in [0, 0.05) is 11.3 Å². The average Bonchev–Trinajstić information content (AvgIpc) is 2.51. The predicted octanol–water partition coefficient (Wildman–Crippen LogP) is 5.22. The largest absolute Gasteiger partial charge is 0.398 e. The summed E-state index contributed by atoms with van der Waals surface area (Å²) >= 11 is 0. The van der Waals surface area contributed by atoms with Crippen LogP contribution in [0.25, 0.3) is 22.3 Å². The van der Waals surface area contributed by atoms with Gasteiger partial charge in [-0.15, -0.1) is 0 Å². The molecule has 104 valence electrons. The smallest absolute Gasteiger partial charge is 0.0394 e. The molecular weight excluding hydrogens is 254 g/mol. The molecule has 0 bridgehead atoms. The van der Waals surface area contributed by atoms with Crippen LogP contribution in [0.4, 0.5) is 5.69 Å². The third-order valence-corrected chi connectivity index (χ3v) is 3.98. The molecule has 0 heterocycles. The molecule has 1 heteroatoms. The van der Waals surface area contributed by atoms with Crippen LogP contribution in [0.2, 0.25) is 0 Å². The van der Waals surface area contributed by atoms with E-state index < -0.39 is 0 Å². The fourth-order valence-electron chi connectivity index (χ4n) is 2.52. The number of hydrogen-bond acceptors (Lipinski definition) is 1. The van der Waals surface area contributed by atoms with Gasteiger partial charge in [-0.2, -0.15) is 0 Å². The van der Waals surface area contributed by atoms with E-state index in [2.05, 4.69) is 56.3 Å². The lowest BCUT2D eigenvalue weighted by Crippen LogP contribution is -1.91. The summed E-state index contributed by atoms with van der Waals surface area (Å²) in [6.45, 7) is 4.28. The van der Waals surface area contributed by atoms with Gasteiger partial charge in [-0.25, -0.2) is 0 Å². The van der Waals surface area contributed by atoms with Gasteiger partial charge < -0.3 is 5.73 Å². The Kier molecular flexibility index (Phi) is 3.49. The van der Waals surface area contributed by atoms with Crippen molar-refractivity contribution in [2.75, 3.05) is 5.73 Å². The van der Waals surface area contributed by atoms with E-state index in [-0.39, 0.29) is 0 Å².